The second-order valence-electron chi connectivity index (χ2n) is 4.13. The van der Waals surface area contributed by atoms with Crippen LogP contribution < -0.4 is 15.2 Å². The van der Waals surface area contributed by atoms with E-state index in [1.54, 1.807) is 12.3 Å². The SMILES string of the molecule is CCOc1nc(N)nc(Oc2cccc3cccnc23)n1. The average Bonchev–Trinajstić information content (AvgIpc) is 2.47. The fourth-order valence-electron chi connectivity index (χ4n) is 1.85. The molecule has 0 spiro atoms. The summed E-state index contributed by atoms with van der Waals surface area (Å²) in [5.74, 6) is 0.581. The molecule has 2 N–H and O–H groups in total. The van der Waals surface area contributed by atoms with Gasteiger partial charge in [0.2, 0.25) is 5.95 Å². The van der Waals surface area contributed by atoms with Crippen LogP contribution in [0.5, 0.6) is 17.8 Å². The molecule has 0 saturated heterocycles. The largest absolute Gasteiger partial charge is 0.464 e. The minimum atomic E-state index is 0.0386. The molecule has 0 saturated carbocycles. The van der Waals surface area contributed by atoms with Crippen LogP contribution >= 0.6 is 0 Å². The van der Waals surface area contributed by atoms with Gasteiger partial charge in [0.15, 0.2) is 5.75 Å². The van der Waals surface area contributed by atoms with E-state index < -0.39 is 0 Å². The molecule has 0 aliphatic carbocycles. The van der Waals surface area contributed by atoms with Gasteiger partial charge in [-0.25, -0.2) is 0 Å². The van der Waals surface area contributed by atoms with Crippen molar-refractivity contribution in [2.24, 2.45) is 0 Å². The van der Waals surface area contributed by atoms with Gasteiger partial charge < -0.3 is 15.2 Å². The van der Waals surface area contributed by atoms with Gasteiger partial charge >= 0.3 is 12.0 Å². The summed E-state index contributed by atoms with van der Waals surface area (Å²) in [7, 11) is 0. The van der Waals surface area contributed by atoms with Gasteiger partial charge in [-0.15, -0.1) is 4.98 Å². The molecular formula is C14H13N5O2. The molecule has 3 aromatic rings. The maximum atomic E-state index is 5.67. The monoisotopic (exact) mass is 283 g/mol. The lowest BCUT2D eigenvalue weighted by Crippen LogP contribution is -2.05. The molecule has 0 unspecified atom stereocenters. The molecule has 2 aromatic heterocycles. The van der Waals surface area contributed by atoms with E-state index in [1.165, 1.54) is 0 Å². The minimum absolute atomic E-state index is 0.0386. The zero-order valence-electron chi connectivity index (χ0n) is 11.4. The highest BCUT2D eigenvalue weighted by Gasteiger charge is 2.10. The van der Waals surface area contributed by atoms with Crippen molar-refractivity contribution in [3.63, 3.8) is 0 Å². The van der Waals surface area contributed by atoms with Crippen LogP contribution in [-0.2, 0) is 0 Å². The van der Waals surface area contributed by atoms with Crippen LogP contribution in [0.3, 0.4) is 0 Å². The Labute approximate surface area is 120 Å². The number of hydrogen-bond donors (Lipinski definition) is 1. The number of hydrogen-bond acceptors (Lipinski definition) is 7. The van der Waals surface area contributed by atoms with Crippen LogP contribution in [-0.4, -0.2) is 26.5 Å². The molecular weight excluding hydrogens is 270 g/mol. The number of para-hydroxylation sites is 1. The Bertz CT molecular complexity index is 773. The fraction of sp³-hybridized carbons (Fsp3) is 0.143. The normalized spacial score (nSPS) is 10.5. The van der Waals surface area contributed by atoms with Crippen molar-refractivity contribution < 1.29 is 9.47 Å². The van der Waals surface area contributed by atoms with Gasteiger partial charge in [-0.2, -0.15) is 9.97 Å². The molecule has 0 aliphatic heterocycles. The lowest BCUT2D eigenvalue weighted by atomic mass is 10.2. The van der Waals surface area contributed by atoms with E-state index in [0.29, 0.717) is 12.4 Å². The zero-order chi connectivity index (χ0) is 14.7. The summed E-state index contributed by atoms with van der Waals surface area (Å²) in [6.45, 7) is 2.26. The highest BCUT2D eigenvalue weighted by Crippen LogP contribution is 2.27. The molecule has 7 heteroatoms. The summed E-state index contributed by atoms with van der Waals surface area (Å²) in [5, 5.41) is 0.960. The highest BCUT2D eigenvalue weighted by molar-refractivity contribution is 5.84. The Morgan fingerprint density at radius 1 is 1.05 bits per heavy atom. The van der Waals surface area contributed by atoms with Gasteiger partial charge in [0.05, 0.1) is 6.61 Å². The molecule has 0 aliphatic rings. The van der Waals surface area contributed by atoms with Crippen molar-refractivity contribution in [3.8, 4) is 17.8 Å². The third kappa shape index (κ3) is 2.81. The van der Waals surface area contributed by atoms with Gasteiger partial charge in [0.25, 0.3) is 0 Å². The van der Waals surface area contributed by atoms with E-state index >= 15 is 0 Å². The number of nitrogens with two attached hydrogens (primary N) is 1. The van der Waals surface area contributed by atoms with Crippen LogP contribution in [0.1, 0.15) is 6.92 Å². The fourth-order valence-corrected chi connectivity index (χ4v) is 1.85. The summed E-state index contributed by atoms with van der Waals surface area (Å²) in [4.78, 5) is 16.2. The number of benzene rings is 1. The smallest absolute Gasteiger partial charge is 0.330 e. The van der Waals surface area contributed by atoms with Crippen molar-refractivity contribution >= 4 is 16.9 Å². The quantitative estimate of drug-likeness (QED) is 0.783. The van der Waals surface area contributed by atoms with Crippen LogP contribution in [0.25, 0.3) is 10.9 Å². The molecule has 7 nitrogen and oxygen atoms in total. The van der Waals surface area contributed by atoms with Crippen molar-refractivity contribution in [1.29, 1.82) is 0 Å². The van der Waals surface area contributed by atoms with Crippen LogP contribution in [0.15, 0.2) is 36.5 Å². The van der Waals surface area contributed by atoms with Crippen molar-refractivity contribution in [2.75, 3.05) is 12.3 Å². The summed E-state index contributed by atoms with van der Waals surface area (Å²) in [6, 6.07) is 9.62. The molecule has 0 atom stereocenters. The summed E-state index contributed by atoms with van der Waals surface area (Å²) < 4.78 is 10.9. The van der Waals surface area contributed by atoms with E-state index in [9.17, 15) is 0 Å². The third-order valence-electron chi connectivity index (χ3n) is 2.68. The molecule has 2 heterocycles. The Morgan fingerprint density at radius 3 is 2.71 bits per heavy atom. The van der Waals surface area contributed by atoms with E-state index in [0.717, 1.165) is 10.9 Å². The van der Waals surface area contributed by atoms with E-state index in [-0.39, 0.29) is 18.0 Å². The van der Waals surface area contributed by atoms with Crippen molar-refractivity contribution in [3.05, 3.63) is 36.5 Å². The number of nitrogen functional groups attached to an aromatic ring is 1. The average molecular weight is 283 g/mol. The highest BCUT2D eigenvalue weighted by atomic mass is 16.5. The van der Waals surface area contributed by atoms with Gasteiger partial charge in [-0.3, -0.25) is 4.98 Å². The first-order chi connectivity index (χ1) is 10.3. The molecule has 1 aromatic carbocycles. The number of rotatable bonds is 4. The maximum absolute atomic E-state index is 5.67. The van der Waals surface area contributed by atoms with Crippen LogP contribution in [0, 0.1) is 0 Å². The summed E-state index contributed by atoms with van der Waals surface area (Å²) in [5.41, 5.74) is 6.34. The predicted octanol–water partition coefficient (Wildman–Crippen LogP) is 2.19. The minimum Gasteiger partial charge on any atom is -0.464 e. The van der Waals surface area contributed by atoms with Gasteiger partial charge in [0, 0.05) is 11.6 Å². The first-order valence-electron chi connectivity index (χ1n) is 6.42. The molecule has 106 valence electrons. The van der Waals surface area contributed by atoms with E-state index in [4.69, 9.17) is 15.2 Å². The van der Waals surface area contributed by atoms with Crippen LogP contribution in [0.2, 0.25) is 0 Å². The maximum Gasteiger partial charge on any atom is 0.330 e. The summed E-state index contributed by atoms with van der Waals surface area (Å²) >= 11 is 0. The van der Waals surface area contributed by atoms with Crippen molar-refractivity contribution in [2.45, 2.75) is 6.92 Å². The summed E-state index contributed by atoms with van der Waals surface area (Å²) in [6.07, 6.45) is 1.70. The van der Waals surface area contributed by atoms with Crippen molar-refractivity contribution in [1.82, 2.24) is 19.9 Å². The number of fused-ring (bicyclic) bond motifs is 1. The standard InChI is InChI=1S/C14H13N5O2/c1-2-20-13-17-12(15)18-14(19-13)21-10-7-3-5-9-6-4-8-16-11(9)10/h3-8H,2H2,1H3,(H2,15,17,18,19). The van der Waals surface area contributed by atoms with Gasteiger partial charge in [-0.05, 0) is 19.1 Å². The second kappa shape index (κ2) is 5.58. The Hall–Kier alpha value is -2.96. The lowest BCUT2D eigenvalue weighted by Gasteiger charge is -2.08. The molecule has 0 amide bonds. The molecule has 0 radical (unpaired) electrons. The number of nitrogens with zero attached hydrogens (tertiary/aromatic N) is 4. The van der Waals surface area contributed by atoms with E-state index in [2.05, 4.69) is 19.9 Å². The second-order valence-corrected chi connectivity index (χ2v) is 4.13. The predicted molar refractivity (Wildman–Crippen MR) is 77.2 cm³/mol. The Morgan fingerprint density at radius 2 is 1.86 bits per heavy atom. The third-order valence-corrected chi connectivity index (χ3v) is 2.68. The number of anilines is 1. The Balaban J connectivity index is 1.98. The van der Waals surface area contributed by atoms with E-state index in [1.807, 2.05) is 31.2 Å². The molecule has 3 rings (SSSR count). The number of pyridine rings is 1. The topological polar surface area (TPSA) is 96.0 Å². The first-order valence-corrected chi connectivity index (χ1v) is 6.42. The lowest BCUT2D eigenvalue weighted by molar-refractivity contribution is 0.304. The zero-order valence-corrected chi connectivity index (χ0v) is 11.4. The first kappa shape index (κ1) is 13.0. The molecule has 0 bridgehead atoms. The van der Waals surface area contributed by atoms with Crippen LogP contribution in [0.4, 0.5) is 5.95 Å². The molecule has 0 fully saturated rings. The Kier molecular flexibility index (Phi) is 3.46. The number of aromatic nitrogens is 4. The van der Waals surface area contributed by atoms with Gasteiger partial charge in [0.1, 0.15) is 5.52 Å². The number of ether oxygens (including phenoxy) is 2. The molecule has 21 heavy (non-hydrogen) atoms. The van der Waals surface area contributed by atoms with Gasteiger partial charge in [-0.1, -0.05) is 18.2 Å².